The van der Waals surface area contributed by atoms with Gasteiger partial charge in [-0.2, -0.15) is 0 Å². The Kier molecular flexibility index (Phi) is 5.42. The Labute approximate surface area is 181 Å². The molecule has 0 aromatic heterocycles. The highest BCUT2D eigenvalue weighted by Crippen LogP contribution is 2.29. The Morgan fingerprint density at radius 1 is 0.600 bits per heavy atom. The molecule has 2 aliphatic rings. The topological polar surface area (TPSA) is 24.1 Å². The average molecular weight is 397 g/mol. The molecule has 2 aromatic rings. The Hall–Kier alpha value is -3.00. The number of nitrogens with one attached hydrogen (secondary N) is 2. The van der Waals surface area contributed by atoms with Gasteiger partial charge in [0.2, 0.25) is 0 Å². The van der Waals surface area contributed by atoms with Crippen LogP contribution in [0.3, 0.4) is 0 Å². The Bertz CT molecular complexity index is 936. The zero-order valence-electron chi connectivity index (χ0n) is 18.5. The third kappa shape index (κ3) is 4.76. The molecule has 4 rings (SSSR count). The predicted octanol–water partition coefficient (Wildman–Crippen LogP) is 7.51. The normalized spacial score (nSPS) is 25.5. The molecule has 0 heterocycles. The predicted molar refractivity (Wildman–Crippen MR) is 131 cm³/mol. The van der Waals surface area contributed by atoms with Crippen molar-refractivity contribution in [3.63, 3.8) is 0 Å². The maximum Gasteiger partial charge on any atom is 0.0565 e. The molecule has 2 aromatic carbocycles. The van der Waals surface area contributed by atoms with Gasteiger partial charge in [-0.3, -0.25) is 0 Å². The molecule has 0 fully saturated rings. The van der Waals surface area contributed by atoms with E-state index in [-0.39, 0.29) is 11.1 Å². The minimum Gasteiger partial charge on any atom is -0.376 e. The number of benzene rings is 2. The van der Waals surface area contributed by atoms with Gasteiger partial charge < -0.3 is 10.6 Å². The van der Waals surface area contributed by atoms with Gasteiger partial charge >= 0.3 is 0 Å². The molecule has 0 amide bonds. The summed E-state index contributed by atoms with van der Waals surface area (Å²) in [5.41, 5.74) is 7.39. The van der Waals surface area contributed by atoms with Crippen LogP contribution in [0.15, 0.2) is 96.1 Å². The maximum absolute atomic E-state index is 3.67. The monoisotopic (exact) mass is 396 g/mol. The van der Waals surface area contributed by atoms with Gasteiger partial charge in [0.1, 0.15) is 0 Å². The lowest BCUT2D eigenvalue weighted by molar-refractivity contribution is 0.637. The second-order valence-electron chi connectivity index (χ2n) is 9.21. The third-order valence-electron chi connectivity index (χ3n) is 6.09. The largest absolute Gasteiger partial charge is 0.376 e. The average Bonchev–Trinajstić information content (AvgIpc) is 2.74. The van der Waals surface area contributed by atoms with Gasteiger partial charge in [-0.25, -0.2) is 0 Å². The van der Waals surface area contributed by atoms with Gasteiger partial charge in [-0.05, 0) is 75.9 Å². The van der Waals surface area contributed by atoms with Crippen LogP contribution in [0.25, 0.3) is 11.1 Å². The van der Waals surface area contributed by atoms with E-state index >= 15 is 0 Å². The molecule has 2 nitrogen and oxygen atoms in total. The van der Waals surface area contributed by atoms with Gasteiger partial charge in [-0.15, -0.1) is 0 Å². The lowest BCUT2D eigenvalue weighted by atomic mass is 9.90. The summed E-state index contributed by atoms with van der Waals surface area (Å²) in [5, 5.41) is 7.33. The summed E-state index contributed by atoms with van der Waals surface area (Å²) < 4.78 is 0. The molecule has 0 bridgehead atoms. The number of hydrogen-bond acceptors (Lipinski definition) is 2. The van der Waals surface area contributed by atoms with Crippen LogP contribution >= 0.6 is 0 Å². The third-order valence-corrected chi connectivity index (χ3v) is 6.09. The van der Waals surface area contributed by atoms with Crippen LogP contribution in [-0.2, 0) is 0 Å². The van der Waals surface area contributed by atoms with Crippen LogP contribution in [0.2, 0.25) is 0 Å². The van der Waals surface area contributed by atoms with Gasteiger partial charge in [-0.1, -0.05) is 71.9 Å². The van der Waals surface area contributed by atoms with Gasteiger partial charge in [0.05, 0.1) is 11.1 Å². The number of anilines is 2. The van der Waals surface area contributed by atoms with Crippen molar-refractivity contribution in [1.29, 1.82) is 0 Å². The summed E-state index contributed by atoms with van der Waals surface area (Å²) in [7, 11) is 0. The van der Waals surface area contributed by atoms with Crippen LogP contribution in [0.5, 0.6) is 0 Å². The van der Waals surface area contributed by atoms with Crippen molar-refractivity contribution in [2.45, 2.75) is 51.6 Å². The summed E-state index contributed by atoms with van der Waals surface area (Å²) in [6, 6.07) is 17.5. The Morgan fingerprint density at radius 3 is 1.27 bits per heavy atom. The molecule has 0 spiro atoms. The minimum absolute atomic E-state index is 0.0221. The quantitative estimate of drug-likeness (QED) is 0.546. The van der Waals surface area contributed by atoms with Crippen LogP contribution in [-0.4, -0.2) is 11.1 Å². The molecular weight excluding hydrogens is 364 g/mol. The van der Waals surface area contributed by atoms with Crippen LogP contribution < -0.4 is 10.6 Å². The SMILES string of the molecule is CC1=CCC(C)(Nc2ccc(-c3ccc(NC4(C)C=CC(C)=CC4)cc3)cc2)C=C1. The van der Waals surface area contributed by atoms with Gasteiger partial charge in [0, 0.05) is 11.4 Å². The summed E-state index contributed by atoms with van der Waals surface area (Å²) in [6.45, 7) is 8.78. The molecule has 2 aliphatic carbocycles. The van der Waals surface area contributed by atoms with Crippen LogP contribution in [0, 0.1) is 0 Å². The molecule has 30 heavy (non-hydrogen) atoms. The first-order valence-corrected chi connectivity index (χ1v) is 10.8. The highest BCUT2D eigenvalue weighted by Gasteiger charge is 2.22. The highest BCUT2D eigenvalue weighted by atomic mass is 15.0. The van der Waals surface area contributed by atoms with Gasteiger partial charge in [0.15, 0.2) is 0 Å². The standard InChI is InChI=1S/C28H32N2/c1-21-13-17-27(3,18-14-21)29-25-9-5-23(6-10-25)24-7-11-26(12-8-24)30-28(4)19-15-22(2)16-20-28/h5-17,19,29-30H,18,20H2,1-4H3. The van der Waals surface area contributed by atoms with E-state index in [1.165, 1.54) is 22.3 Å². The smallest absolute Gasteiger partial charge is 0.0565 e. The molecule has 2 unspecified atom stereocenters. The Morgan fingerprint density at radius 2 is 0.967 bits per heavy atom. The fourth-order valence-electron chi connectivity index (χ4n) is 3.99. The first-order valence-electron chi connectivity index (χ1n) is 10.8. The molecule has 0 aliphatic heterocycles. The number of allylic oxidation sites excluding steroid dienone is 4. The number of rotatable bonds is 5. The van der Waals surface area contributed by atoms with E-state index < -0.39 is 0 Å². The summed E-state index contributed by atoms with van der Waals surface area (Å²) in [5.74, 6) is 0. The van der Waals surface area contributed by atoms with Crippen molar-refractivity contribution in [2.75, 3.05) is 10.6 Å². The fraction of sp³-hybridized carbons (Fsp3) is 0.286. The number of hydrogen-bond donors (Lipinski definition) is 2. The van der Waals surface area contributed by atoms with E-state index in [0.717, 1.165) is 24.2 Å². The van der Waals surface area contributed by atoms with Crippen molar-refractivity contribution in [3.05, 3.63) is 96.1 Å². The first kappa shape index (κ1) is 20.3. The van der Waals surface area contributed by atoms with Crippen molar-refractivity contribution < 1.29 is 0 Å². The van der Waals surface area contributed by atoms with E-state index in [1.54, 1.807) is 0 Å². The van der Waals surface area contributed by atoms with Crippen molar-refractivity contribution in [2.24, 2.45) is 0 Å². The molecule has 2 heteroatoms. The molecule has 2 atom stereocenters. The molecule has 2 N–H and O–H groups in total. The highest BCUT2D eigenvalue weighted by molar-refractivity contribution is 5.68. The maximum atomic E-state index is 3.67. The second kappa shape index (κ2) is 8.02. The lowest BCUT2D eigenvalue weighted by Gasteiger charge is -2.30. The molecule has 0 saturated carbocycles. The van der Waals surface area contributed by atoms with Gasteiger partial charge in [0.25, 0.3) is 0 Å². The minimum atomic E-state index is -0.0221. The van der Waals surface area contributed by atoms with Crippen molar-refractivity contribution >= 4 is 11.4 Å². The lowest BCUT2D eigenvalue weighted by Crippen LogP contribution is -2.33. The molecule has 0 saturated heterocycles. The summed E-state index contributed by atoms with van der Waals surface area (Å²) in [6.07, 6.45) is 15.5. The molecular formula is C28H32N2. The molecule has 154 valence electrons. The van der Waals surface area contributed by atoms with E-state index in [4.69, 9.17) is 0 Å². The van der Waals surface area contributed by atoms with Crippen LogP contribution in [0.4, 0.5) is 11.4 Å². The summed E-state index contributed by atoms with van der Waals surface area (Å²) in [4.78, 5) is 0. The first-order chi connectivity index (χ1) is 14.3. The fourth-order valence-corrected chi connectivity index (χ4v) is 3.99. The zero-order chi connectivity index (χ0) is 21.2. The van der Waals surface area contributed by atoms with E-state index in [1.807, 2.05) is 0 Å². The zero-order valence-corrected chi connectivity index (χ0v) is 18.5. The summed E-state index contributed by atoms with van der Waals surface area (Å²) >= 11 is 0. The van der Waals surface area contributed by atoms with E-state index in [0.29, 0.717) is 0 Å². The van der Waals surface area contributed by atoms with Crippen molar-refractivity contribution in [1.82, 2.24) is 0 Å². The van der Waals surface area contributed by atoms with Crippen molar-refractivity contribution in [3.8, 4) is 11.1 Å². The van der Waals surface area contributed by atoms with E-state index in [9.17, 15) is 0 Å². The van der Waals surface area contributed by atoms with E-state index in [2.05, 4.69) is 123 Å². The van der Waals surface area contributed by atoms with Crippen LogP contribution in [0.1, 0.15) is 40.5 Å². The second-order valence-corrected chi connectivity index (χ2v) is 9.21. The molecule has 0 radical (unpaired) electrons. The Balaban J connectivity index is 1.41.